The molecule has 7 rings (SSSR count). The highest BCUT2D eigenvalue weighted by Crippen LogP contribution is 2.58. The molecule has 3 heterocycles. The Hall–Kier alpha value is -4.75. The number of alkyl halides is 4. The van der Waals surface area contributed by atoms with Gasteiger partial charge in [-0.1, -0.05) is 26.0 Å². The minimum Gasteiger partial charge on any atom is -0.494 e. The highest BCUT2D eigenvalue weighted by molar-refractivity contribution is 7.91. The first-order valence-electron chi connectivity index (χ1n) is 19.9. The molecule has 14 nitrogen and oxygen atoms in total. The van der Waals surface area contributed by atoms with Crippen molar-refractivity contribution in [1.82, 2.24) is 25.2 Å². The van der Waals surface area contributed by atoms with E-state index < -0.39 is 111 Å². The molecule has 7 atom stereocenters. The van der Waals surface area contributed by atoms with E-state index in [1.807, 2.05) is 11.6 Å². The molecule has 3 saturated carbocycles. The summed E-state index contributed by atoms with van der Waals surface area (Å²) in [6.07, 6.45) is -1.01. The number of amides is 4. The van der Waals surface area contributed by atoms with E-state index in [1.54, 1.807) is 19.1 Å². The van der Waals surface area contributed by atoms with Crippen molar-refractivity contribution in [2.45, 2.75) is 106 Å². The van der Waals surface area contributed by atoms with Crippen LogP contribution in [0.15, 0.2) is 30.5 Å². The topological polar surface area (TPSA) is 182 Å². The summed E-state index contributed by atoms with van der Waals surface area (Å²) in [7, 11) is -1.84. The summed E-state index contributed by atoms with van der Waals surface area (Å²) in [5.74, 6) is -6.46. The van der Waals surface area contributed by atoms with Gasteiger partial charge in [0.1, 0.15) is 46.3 Å². The Morgan fingerprint density at radius 2 is 1.72 bits per heavy atom. The summed E-state index contributed by atoms with van der Waals surface area (Å²) in [6.45, 7) is 1.95. The molecule has 7 unspecified atom stereocenters. The molecule has 5 aliphatic rings. The third-order valence-corrected chi connectivity index (χ3v) is 15.0. The fraction of sp³-hybridized carbons (Fsp3) is 0.625. The lowest BCUT2D eigenvalue weighted by Crippen LogP contribution is -2.60. The lowest BCUT2D eigenvalue weighted by Gasteiger charge is -2.34. The van der Waals surface area contributed by atoms with Crippen molar-refractivity contribution < 1.29 is 63.8 Å². The fourth-order valence-electron chi connectivity index (χ4n) is 8.56. The summed E-state index contributed by atoms with van der Waals surface area (Å²) in [6, 6.07) is -0.509. The number of hydrogen-bond acceptors (Lipinski definition) is 10. The summed E-state index contributed by atoms with van der Waals surface area (Å²) in [5, 5.41) is 5.58. The van der Waals surface area contributed by atoms with Crippen molar-refractivity contribution in [2.24, 2.45) is 23.2 Å². The molecule has 0 spiro atoms. The van der Waals surface area contributed by atoms with E-state index in [9.17, 15) is 45.2 Å². The van der Waals surface area contributed by atoms with Gasteiger partial charge in [0.2, 0.25) is 33.6 Å². The lowest BCUT2D eigenvalue weighted by atomic mass is 9.87. The molecule has 1 aromatic carbocycles. The Balaban J connectivity index is 1.25. The maximum absolute atomic E-state index is 15.1. The van der Waals surface area contributed by atoms with Gasteiger partial charge in [0, 0.05) is 17.7 Å². The number of aromatic nitrogens is 1. The summed E-state index contributed by atoms with van der Waals surface area (Å²) in [4.78, 5) is 62.0. The molecule has 328 valence electrons. The average molecular weight is 870 g/mol. The minimum atomic E-state index is -4.87. The van der Waals surface area contributed by atoms with Gasteiger partial charge >= 0.3 is 6.18 Å². The Kier molecular flexibility index (Phi) is 11.3. The summed E-state index contributed by atoms with van der Waals surface area (Å²) < 4.78 is 115. The largest absolute Gasteiger partial charge is 0.494 e. The van der Waals surface area contributed by atoms with Crippen LogP contribution in [-0.2, 0) is 29.2 Å². The molecule has 2 aliphatic heterocycles. The molecule has 1 aromatic heterocycles. The number of fused-ring (bicyclic) bond motifs is 3. The van der Waals surface area contributed by atoms with E-state index in [4.69, 9.17) is 14.2 Å². The van der Waals surface area contributed by atoms with Gasteiger partial charge in [-0.15, -0.1) is 0 Å². The molecule has 3 aliphatic carbocycles. The second-order valence-electron chi connectivity index (χ2n) is 17.0. The van der Waals surface area contributed by atoms with E-state index in [2.05, 4.69) is 15.6 Å². The van der Waals surface area contributed by atoms with Crippen LogP contribution in [0.25, 0.3) is 10.8 Å². The van der Waals surface area contributed by atoms with Crippen molar-refractivity contribution in [1.29, 1.82) is 0 Å². The second-order valence-corrected chi connectivity index (χ2v) is 19.1. The Bertz CT molecular complexity index is 2220. The lowest BCUT2D eigenvalue weighted by molar-refractivity contribution is -0.193. The smallest absolute Gasteiger partial charge is 0.403 e. The van der Waals surface area contributed by atoms with Crippen LogP contribution in [0.4, 0.5) is 22.0 Å². The number of carbonyl (C=O) groups is 4. The monoisotopic (exact) mass is 869 g/mol. The predicted octanol–water partition coefficient (Wildman–Crippen LogP) is 4.40. The number of benzene rings is 1. The third-order valence-electron chi connectivity index (χ3n) is 12.9. The van der Waals surface area contributed by atoms with Gasteiger partial charge in [-0.25, -0.2) is 22.2 Å². The molecular weight excluding hydrogens is 822 g/mol. The van der Waals surface area contributed by atoms with Gasteiger partial charge in [-0.05, 0) is 75.3 Å². The highest BCUT2D eigenvalue weighted by Gasteiger charge is 2.69. The summed E-state index contributed by atoms with van der Waals surface area (Å²) >= 11 is 0. The Labute approximate surface area is 343 Å². The first-order valence-corrected chi connectivity index (χ1v) is 21.4. The van der Waals surface area contributed by atoms with Gasteiger partial charge in [0.15, 0.2) is 11.6 Å². The second kappa shape index (κ2) is 15.6. The van der Waals surface area contributed by atoms with Crippen LogP contribution in [0.2, 0.25) is 0 Å². The molecule has 2 aromatic rings. The highest BCUT2D eigenvalue weighted by atomic mass is 32.2. The Morgan fingerprint density at radius 3 is 2.33 bits per heavy atom. The molecule has 20 heteroatoms. The maximum Gasteiger partial charge on any atom is 0.403 e. The number of nitrogens with one attached hydrogen (secondary N) is 3. The van der Waals surface area contributed by atoms with Crippen molar-refractivity contribution in [3.8, 4) is 17.4 Å². The normalized spacial score (nSPS) is 29.9. The molecule has 4 amide bonds. The number of carbonyl (C=O) groups excluding carboxylic acids is 4. The van der Waals surface area contributed by atoms with Crippen LogP contribution in [0, 0.1) is 29.0 Å². The molecule has 0 radical (unpaired) electrons. The number of rotatable bonds is 10. The van der Waals surface area contributed by atoms with Crippen molar-refractivity contribution >= 4 is 44.4 Å². The molecule has 60 heavy (non-hydrogen) atoms. The molecule has 3 N–H and O–H groups in total. The number of sulfonamides is 1. The number of halogens is 5. The van der Waals surface area contributed by atoms with E-state index in [0.717, 1.165) is 11.0 Å². The quantitative estimate of drug-likeness (QED) is 0.229. The zero-order valence-corrected chi connectivity index (χ0v) is 34.3. The van der Waals surface area contributed by atoms with E-state index in [-0.39, 0.29) is 60.9 Å². The first-order chi connectivity index (χ1) is 28.2. The standard InChI is InChI=1S/C40H48F5N5O9S/c1-21-7-5-6-8-23-17-39(23,36(54)49-60(55,56)37(20-41)9-10-37)48-32(51)28-14-24(59-33-26-15-27(42)29(57-3)16-25(26)30(58-4)18-46-33)19-50(28)34(52)31(22(2)13-21)47-35(53)38(11-12-38)40(43,44)45/h6,8,15-16,18,21-24,28,31H,5,7,9-14,17,19-20H2,1-4H3,(H,47,53)(H,48,51)(H,49,54). The van der Waals surface area contributed by atoms with Gasteiger partial charge < -0.3 is 29.7 Å². The van der Waals surface area contributed by atoms with Gasteiger partial charge in [-0.2, -0.15) is 13.2 Å². The van der Waals surface area contributed by atoms with Crippen molar-refractivity contribution in [2.75, 3.05) is 27.4 Å². The van der Waals surface area contributed by atoms with Crippen LogP contribution in [0.3, 0.4) is 0 Å². The predicted molar refractivity (Wildman–Crippen MR) is 204 cm³/mol. The first kappa shape index (κ1) is 43.3. The fourth-order valence-corrected chi connectivity index (χ4v) is 9.98. The van der Waals surface area contributed by atoms with Crippen LogP contribution in [0.5, 0.6) is 17.4 Å². The maximum atomic E-state index is 15.1. The molecule has 4 fully saturated rings. The number of nitrogens with zero attached hydrogens (tertiary/aromatic N) is 2. The van der Waals surface area contributed by atoms with E-state index >= 15 is 4.39 Å². The van der Waals surface area contributed by atoms with Gasteiger partial charge in [0.05, 0.1) is 32.3 Å². The van der Waals surface area contributed by atoms with Gasteiger partial charge in [-0.3, -0.25) is 23.9 Å². The zero-order chi connectivity index (χ0) is 43.6. The number of pyridine rings is 1. The van der Waals surface area contributed by atoms with Crippen LogP contribution in [-0.4, -0.2) is 104 Å². The summed E-state index contributed by atoms with van der Waals surface area (Å²) in [5.41, 5.74) is -4.47. The van der Waals surface area contributed by atoms with Crippen molar-refractivity contribution in [3.63, 3.8) is 0 Å². The number of ether oxygens (including phenoxy) is 3. The molecule has 1 saturated heterocycles. The average Bonchev–Trinajstić information content (AvgIpc) is 4.11. The van der Waals surface area contributed by atoms with Crippen LogP contribution >= 0.6 is 0 Å². The van der Waals surface area contributed by atoms with E-state index in [0.29, 0.717) is 24.6 Å². The molecular formula is C40H48F5N5O9S. The van der Waals surface area contributed by atoms with Crippen molar-refractivity contribution in [3.05, 3.63) is 36.3 Å². The zero-order valence-electron chi connectivity index (χ0n) is 33.5. The SMILES string of the molecule is COc1cc2c(OC)cnc(OC3CC4C(=O)NC5(C(=O)NS(=O)(=O)C6(CF)CC6)CC5C=CCCC(C)CC(C)C(NC(=O)C5(C(F)(F)F)CC5)C(=O)N4C3)c2cc1F. The Morgan fingerprint density at radius 1 is 1.02 bits per heavy atom. The number of methoxy groups -OCH3 is 2. The minimum absolute atomic E-state index is 0.00622. The van der Waals surface area contributed by atoms with Crippen LogP contribution in [0.1, 0.15) is 71.6 Å². The van der Waals surface area contributed by atoms with Gasteiger partial charge in [0.25, 0.3) is 5.91 Å². The van der Waals surface area contributed by atoms with E-state index in [1.165, 1.54) is 26.5 Å². The number of allylic oxidation sites excluding steroid dienone is 1. The molecule has 0 bridgehead atoms. The van der Waals surface area contributed by atoms with Crippen LogP contribution < -0.4 is 29.6 Å². The number of hydrogen-bond donors (Lipinski definition) is 3. The third kappa shape index (κ3) is 7.72.